The number of hydrogen-bond acceptors (Lipinski definition) is 4. The fourth-order valence-corrected chi connectivity index (χ4v) is 1.07. The third-order valence-electron chi connectivity index (χ3n) is 0.938. The molecule has 0 bridgehead atoms. The zero-order chi connectivity index (χ0) is 8.36. The van der Waals surface area contributed by atoms with E-state index in [4.69, 9.17) is 14.8 Å². The smallest absolute Gasteiger partial charge is 0.267 e. The van der Waals surface area contributed by atoms with Crippen molar-refractivity contribution >= 4 is 10.1 Å². The Kier molecular flexibility index (Phi) is 3.23. The van der Waals surface area contributed by atoms with Crippen molar-refractivity contribution in [1.29, 1.82) is 0 Å². The van der Waals surface area contributed by atoms with Gasteiger partial charge in [0.25, 0.3) is 10.1 Å². The van der Waals surface area contributed by atoms with Gasteiger partial charge < -0.3 is 10.2 Å². The van der Waals surface area contributed by atoms with Gasteiger partial charge in [-0.15, -0.1) is 0 Å². The van der Waals surface area contributed by atoms with Crippen molar-refractivity contribution in [1.82, 2.24) is 0 Å². The Bertz CT molecular complexity index is 182. The van der Waals surface area contributed by atoms with E-state index in [2.05, 4.69) is 0 Å². The van der Waals surface area contributed by atoms with Crippen molar-refractivity contribution in [3.8, 4) is 0 Å². The number of aliphatic hydroxyl groups is 2. The maximum atomic E-state index is 10.0. The monoisotopic (exact) mass is 170 g/mol. The van der Waals surface area contributed by atoms with E-state index in [0.717, 1.165) is 0 Å². The lowest BCUT2D eigenvalue weighted by molar-refractivity contribution is 0.0449. The Morgan fingerprint density at radius 2 is 1.80 bits per heavy atom. The van der Waals surface area contributed by atoms with Crippen LogP contribution in [-0.2, 0) is 10.1 Å². The van der Waals surface area contributed by atoms with Crippen LogP contribution in [0.4, 0.5) is 0 Å². The lowest BCUT2D eigenvalue weighted by Crippen LogP contribution is -2.30. The first-order valence-electron chi connectivity index (χ1n) is 2.64. The second-order valence-electron chi connectivity index (χ2n) is 2.06. The van der Waals surface area contributed by atoms with Gasteiger partial charge in [-0.2, -0.15) is 8.42 Å². The zero-order valence-corrected chi connectivity index (χ0v) is 6.24. The first-order chi connectivity index (χ1) is 4.33. The highest BCUT2D eigenvalue weighted by atomic mass is 32.2. The summed E-state index contributed by atoms with van der Waals surface area (Å²) in [6.07, 6.45) is -2.57. The first-order valence-corrected chi connectivity index (χ1v) is 4.25. The molecule has 0 aliphatic carbocycles. The second-order valence-corrected chi connectivity index (χ2v) is 3.55. The molecule has 0 spiro atoms. The van der Waals surface area contributed by atoms with Crippen molar-refractivity contribution in [2.75, 3.05) is 5.75 Å². The van der Waals surface area contributed by atoms with Gasteiger partial charge in [-0.05, 0) is 6.92 Å². The molecule has 0 aliphatic heterocycles. The Labute approximate surface area is 59.1 Å². The van der Waals surface area contributed by atoms with E-state index >= 15 is 0 Å². The van der Waals surface area contributed by atoms with Gasteiger partial charge in [0.1, 0.15) is 5.75 Å². The lowest BCUT2D eigenvalue weighted by Gasteiger charge is -2.10. The molecule has 0 saturated heterocycles. The van der Waals surface area contributed by atoms with Crippen LogP contribution >= 0.6 is 0 Å². The minimum Gasteiger partial charge on any atom is -0.391 e. The molecule has 0 heterocycles. The summed E-state index contributed by atoms with van der Waals surface area (Å²) in [5.74, 6) is -0.829. The first kappa shape index (κ1) is 9.83. The molecular weight excluding hydrogens is 160 g/mol. The van der Waals surface area contributed by atoms with Gasteiger partial charge in [-0.3, -0.25) is 4.55 Å². The predicted octanol–water partition coefficient (Wildman–Crippen LogP) is -1.38. The highest BCUT2D eigenvalue weighted by Gasteiger charge is 2.17. The lowest BCUT2D eigenvalue weighted by atomic mass is 10.3. The molecule has 0 rings (SSSR count). The minimum absolute atomic E-state index is 0.829. The Balaban J connectivity index is 3.93. The van der Waals surface area contributed by atoms with Crippen LogP contribution in [0.15, 0.2) is 0 Å². The Morgan fingerprint density at radius 3 is 1.90 bits per heavy atom. The molecule has 0 aromatic carbocycles. The fourth-order valence-electron chi connectivity index (χ4n) is 0.355. The summed E-state index contributed by atoms with van der Waals surface area (Å²) in [5, 5.41) is 17.2. The number of hydrogen-bond donors (Lipinski definition) is 3. The minimum atomic E-state index is -4.18. The third-order valence-corrected chi connectivity index (χ3v) is 1.70. The highest BCUT2D eigenvalue weighted by Crippen LogP contribution is 1.95. The van der Waals surface area contributed by atoms with Crippen LogP contribution in [0.2, 0.25) is 0 Å². The quantitative estimate of drug-likeness (QED) is 0.453. The molecule has 2 atom stereocenters. The molecule has 0 aliphatic rings. The van der Waals surface area contributed by atoms with Crippen LogP contribution < -0.4 is 0 Å². The summed E-state index contributed by atoms with van der Waals surface area (Å²) < 4.78 is 28.2. The van der Waals surface area contributed by atoms with E-state index in [1.807, 2.05) is 0 Å². The molecule has 5 nitrogen and oxygen atoms in total. The van der Waals surface area contributed by atoms with E-state index in [1.165, 1.54) is 6.92 Å². The molecule has 2 unspecified atom stereocenters. The van der Waals surface area contributed by atoms with Crippen LogP contribution in [0, 0.1) is 0 Å². The van der Waals surface area contributed by atoms with Crippen LogP contribution in [0.5, 0.6) is 0 Å². The summed E-state index contributed by atoms with van der Waals surface area (Å²) in [7, 11) is -4.18. The average Bonchev–Trinajstić information content (AvgIpc) is 1.60. The second kappa shape index (κ2) is 3.29. The summed E-state index contributed by atoms with van der Waals surface area (Å²) in [4.78, 5) is 0. The van der Waals surface area contributed by atoms with Gasteiger partial charge in [0.2, 0.25) is 0 Å². The molecule has 3 N–H and O–H groups in total. The molecule has 62 valence electrons. The number of aliphatic hydroxyl groups excluding tert-OH is 2. The topological polar surface area (TPSA) is 94.8 Å². The van der Waals surface area contributed by atoms with Gasteiger partial charge in [-0.1, -0.05) is 0 Å². The van der Waals surface area contributed by atoms with Gasteiger partial charge in [0.05, 0.1) is 12.2 Å². The Morgan fingerprint density at radius 1 is 1.40 bits per heavy atom. The summed E-state index contributed by atoms with van der Waals surface area (Å²) in [6.45, 7) is 1.23. The van der Waals surface area contributed by atoms with E-state index in [1.54, 1.807) is 0 Å². The molecule has 6 heteroatoms. The molecule has 0 saturated carbocycles. The predicted molar refractivity (Wildman–Crippen MR) is 34.1 cm³/mol. The molecule has 0 fully saturated rings. The molecule has 10 heavy (non-hydrogen) atoms. The van der Waals surface area contributed by atoms with Crippen molar-refractivity contribution in [3.05, 3.63) is 0 Å². The van der Waals surface area contributed by atoms with Gasteiger partial charge in [-0.25, -0.2) is 0 Å². The standard InChI is InChI=1S/C4H10O5S/c1-3(5)4(6)2-10(7,8)9/h3-6H,2H2,1H3,(H,7,8,9). The van der Waals surface area contributed by atoms with Gasteiger partial charge in [0.15, 0.2) is 0 Å². The fraction of sp³-hybridized carbons (Fsp3) is 1.00. The molecule has 0 aromatic heterocycles. The van der Waals surface area contributed by atoms with Crippen LogP contribution in [0.3, 0.4) is 0 Å². The van der Waals surface area contributed by atoms with Crippen LogP contribution in [0.25, 0.3) is 0 Å². The van der Waals surface area contributed by atoms with Crippen molar-refractivity contribution in [3.63, 3.8) is 0 Å². The van der Waals surface area contributed by atoms with E-state index < -0.39 is 28.1 Å². The van der Waals surface area contributed by atoms with Crippen molar-refractivity contribution in [2.45, 2.75) is 19.1 Å². The molecule has 0 amide bonds. The van der Waals surface area contributed by atoms with Gasteiger partial charge in [0, 0.05) is 0 Å². The maximum absolute atomic E-state index is 10.0. The van der Waals surface area contributed by atoms with E-state index in [0.29, 0.717) is 0 Å². The van der Waals surface area contributed by atoms with Crippen LogP contribution in [0.1, 0.15) is 6.92 Å². The average molecular weight is 170 g/mol. The van der Waals surface area contributed by atoms with Crippen molar-refractivity contribution in [2.24, 2.45) is 0 Å². The number of rotatable bonds is 3. The SMILES string of the molecule is CC(O)C(O)CS(=O)(=O)O. The normalized spacial score (nSPS) is 18.4. The summed E-state index contributed by atoms with van der Waals surface area (Å²) in [6, 6.07) is 0. The summed E-state index contributed by atoms with van der Waals surface area (Å²) >= 11 is 0. The Hall–Kier alpha value is -0.170. The van der Waals surface area contributed by atoms with Crippen LogP contribution in [-0.4, -0.2) is 41.1 Å². The molecule has 0 aromatic rings. The van der Waals surface area contributed by atoms with Gasteiger partial charge >= 0.3 is 0 Å². The highest BCUT2D eigenvalue weighted by molar-refractivity contribution is 7.85. The van der Waals surface area contributed by atoms with Crippen molar-refractivity contribution < 1.29 is 23.2 Å². The maximum Gasteiger partial charge on any atom is 0.267 e. The largest absolute Gasteiger partial charge is 0.391 e. The third kappa shape index (κ3) is 4.68. The summed E-state index contributed by atoms with van der Waals surface area (Å²) in [5.41, 5.74) is 0. The molecule has 0 radical (unpaired) electrons. The van der Waals surface area contributed by atoms with E-state index in [-0.39, 0.29) is 0 Å². The molecular formula is C4H10O5S. The zero-order valence-electron chi connectivity index (χ0n) is 5.43. The van der Waals surface area contributed by atoms with E-state index in [9.17, 15) is 8.42 Å².